The minimum Gasteiger partial charge on any atom is -0.485 e. The van der Waals surface area contributed by atoms with Crippen molar-refractivity contribution in [2.45, 2.75) is 33.9 Å². The van der Waals surface area contributed by atoms with Gasteiger partial charge in [-0.15, -0.1) is 0 Å². The van der Waals surface area contributed by atoms with E-state index in [9.17, 15) is 4.79 Å². The fourth-order valence-electron chi connectivity index (χ4n) is 2.79. The monoisotopic (exact) mass is 398 g/mol. The molecule has 0 aliphatic heterocycles. The number of nitrogens with zero attached hydrogens (tertiary/aromatic N) is 5. The molecule has 2 heterocycles. The molecule has 0 radical (unpaired) electrons. The third-order valence-electron chi connectivity index (χ3n) is 4.48. The molecule has 0 fully saturated rings. The predicted molar refractivity (Wildman–Crippen MR) is 108 cm³/mol. The molecule has 3 aromatic rings. The van der Waals surface area contributed by atoms with Gasteiger partial charge in [0.15, 0.2) is 6.61 Å². The summed E-state index contributed by atoms with van der Waals surface area (Å²) < 4.78 is 12.3. The highest BCUT2D eigenvalue weighted by Crippen LogP contribution is 2.15. The van der Waals surface area contributed by atoms with E-state index in [2.05, 4.69) is 39.3 Å². The molecule has 2 aromatic heterocycles. The Labute approximate surface area is 169 Å². The molecule has 0 unspecified atom stereocenters. The van der Waals surface area contributed by atoms with Crippen LogP contribution in [-0.2, 0) is 13.2 Å². The summed E-state index contributed by atoms with van der Waals surface area (Å²) in [5.74, 6) is 1.39. The van der Waals surface area contributed by atoms with Gasteiger partial charge in [-0.2, -0.15) is 10.1 Å². The number of likely N-dealkylation sites (N-methyl/N-ethyl adjacent to an activating group) is 1. The largest absolute Gasteiger partial charge is 0.485 e. The number of rotatable bonds is 10. The zero-order chi connectivity index (χ0) is 20.6. The van der Waals surface area contributed by atoms with Gasteiger partial charge in [-0.05, 0) is 37.4 Å². The van der Waals surface area contributed by atoms with Crippen molar-refractivity contribution < 1.29 is 14.1 Å². The zero-order valence-corrected chi connectivity index (χ0v) is 17.0. The molecule has 1 N–H and O–H groups in total. The molecule has 0 bridgehead atoms. The minimum absolute atomic E-state index is 0.200. The summed E-state index contributed by atoms with van der Waals surface area (Å²) in [6, 6.07) is 6.87. The van der Waals surface area contributed by atoms with Crippen molar-refractivity contribution in [3.05, 3.63) is 53.9 Å². The number of anilines is 1. The number of hydrogen-bond donors (Lipinski definition) is 1. The summed E-state index contributed by atoms with van der Waals surface area (Å²) in [5.41, 5.74) is 1.20. The molecule has 1 amide bonds. The first-order chi connectivity index (χ1) is 14.1. The molecule has 154 valence electrons. The number of aromatic nitrogens is 4. The highest BCUT2D eigenvalue weighted by atomic mass is 16.5. The van der Waals surface area contributed by atoms with Crippen LogP contribution in [-0.4, -0.2) is 50.4 Å². The summed E-state index contributed by atoms with van der Waals surface area (Å²) in [5, 5.41) is 10.9. The average molecular weight is 398 g/mol. The van der Waals surface area contributed by atoms with Gasteiger partial charge in [0.25, 0.3) is 5.91 Å². The van der Waals surface area contributed by atoms with Gasteiger partial charge in [-0.25, -0.2) is 0 Å². The van der Waals surface area contributed by atoms with E-state index in [1.165, 1.54) is 0 Å². The second-order valence-electron chi connectivity index (χ2n) is 6.52. The first kappa shape index (κ1) is 20.5. The van der Waals surface area contributed by atoms with Crippen molar-refractivity contribution >= 4 is 11.6 Å². The Balaban J connectivity index is 1.50. The van der Waals surface area contributed by atoms with Gasteiger partial charge in [-0.3, -0.25) is 9.48 Å². The molecule has 0 saturated carbocycles. The van der Waals surface area contributed by atoms with Crippen LogP contribution in [0.15, 0.2) is 41.2 Å². The molecular weight excluding hydrogens is 372 g/mol. The lowest BCUT2D eigenvalue weighted by molar-refractivity contribution is 0.102. The fraction of sp³-hybridized carbons (Fsp3) is 0.400. The first-order valence-corrected chi connectivity index (χ1v) is 9.65. The Bertz CT molecular complexity index is 914. The molecular formula is C20H26N6O3. The van der Waals surface area contributed by atoms with Gasteiger partial charge >= 0.3 is 0 Å². The Morgan fingerprint density at radius 1 is 1.24 bits per heavy atom. The van der Waals surface area contributed by atoms with Crippen LogP contribution in [0.2, 0.25) is 0 Å². The standard InChI is InChI=1S/C20H26N6O3/c1-4-25(5-2)10-11-26-13-17(12-21-26)23-20(27)16-6-8-18(9-7-16)28-14-19-22-15(3)29-24-19/h6-9,12-13H,4-5,10-11,14H2,1-3H3,(H,23,27). The number of nitrogens with one attached hydrogen (secondary N) is 1. The van der Waals surface area contributed by atoms with Crippen molar-refractivity contribution in [2.24, 2.45) is 0 Å². The van der Waals surface area contributed by atoms with Crippen molar-refractivity contribution in [3.8, 4) is 5.75 Å². The molecule has 9 nitrogen and oxygen atoms in total. The normalized spacial score (nSPS) is 11.0. The van der Waals surface area contributed by atoms with Gasteiger partial charge in [0, 0.05) is 25.2 Å². The summed E-state index contributed by atoms with van der Waals surface area (Å²) in [6.45, 7) is 9.93. The quantitative estimate of drug-likeness (QED) is 0.561. The van der Waals surface area contributed by atoms with Crippen LogP contribution in [0.25, 0.3) is 0 Å². The van der Waals surface area contributed by atoms with E-state index in [0.717, 1.165) is 26.2 Å². The third kappa shape index (κ3) is 5.89. The van der Waals surface area contributed by atoms with E-state index in [-0.39, 0.29) is 12.5 Å². The lowest BCUT2D eigenvalue weighted by atomic mass is 10.2. The SMILES string of the molecule is CCN(CC)CCn1cc(NC(=O)c2ccc(OCc3noc(C)n3)cc2)cn1. The van der Waals surface area contributed by atoms with Crippen LogP contribution < -0.4 is 10.1 Å². The second-order valence-corrected chi connectivity index (χ2v) is 6.52. The van der Waals surface area contributed by atoms with Gasteiger partial charge in [0.1, 0.15) is 5.75 Å². The molecule has 0 aliphatic rings. The predicted octanol–water partition coefficient (Wildman–Crippen LogP) is 2.75. The maximum absolute atomic E-state index is 12.4. The topological polar surface area (TPSA) is 98.3 Å². The van der Waals surface area contributed by atoms with Crippen molar-refractivity contribution in [1.29, 1.82) is 0 Å². The van der Waals surface area contributed by atoms with Crippen LogP contribution in [0.5, 0.6) is 5.75 Å². The van der Waals surface area contributed by atoms with Gasteiger partial charge in [0.2, 0.25) is 11.7 Å². The van der Waals surface area contributed by atoms with E-state index in [1.54, 1.807) is 37.4 Å². The van der Waals surface area contributed by atoms with Crippen molar-refractivity contribution in [3.63, 3.8) is 0 Å². The highest BCUT2D eigenvalue weighted by Gasteiger charge is 2.09. The van der Waals surface area contributed by atoms with Gasteiger partial charge < -0.3 is 19.5 Å². The molecule has 0 aliphatic carbocycles. The average Bonchev–Trinajstić information content (AvgIpc) is 3.36. The molecule has 0 saturated heterocycles. The molecule has 0 atom stereocenters. The summed E-state index contributed by atoms with van der Waals surface area (Å²) in [4.78, 5) is 18.8. The van der Waals surface area contributed by atoms with Gasteiger partial charge in [-0.1, -0.05) is 19.0 Å². The highest BCUT2D eigenvalue weighted by molar-refractivity contribution is 6.04. The lowest BCUT2D eigenvalue weighted by Gasteiger charge is -2.17. The van der Waals surface area contributed by atoms with E-state index in [0.29, 0.717) is 28.7 Å². The summed E-state index contributed by atoms with van der Waals surface area (Å²) in [7, 11) is 0. The number of aryl methyl sites for hydroxylation is 1. The number of carbonyl (C=O) groups is 1. The summed E-state index contributed by atoms with van der Waals surface area (Å²) in [6.07, 6.45) is 3.50. The van der Waals surface area contributed by atoms with Crippen LogP contribution in [0.1, 0.15) is 35.9 Å². The first-order valence-electron chi connectivity index (χ1n) is 9.65. The number of benzene rings is 1. The van der Waals surface area contributed by atoms with E-state index in [4.69, 9.17) is 9.26 Å². The van der Waals surface area contributed by atoms with Crippen LogP contribution >= 0.6 is 0 Å². The summed E-state index contributed by atoms with van der Waals surface area (Å²) >= 11 is 0. The number of amides is 1. The van der Waals surface area contributed by atoms with Crippen LogP contribution in [0.3, 0.4) is 0 Å². The maximum atomic E-state index is 12.4. The smallest absolute Gasteiger partial charge is 0.255 e. The number of carbonyl (C=O) groups excluding carboxylic acids is 1. The lowest BCUT2D eigenvalue weighted by Crippen LogP contribution is -2.27. The van der Waals surface area contributed by atoms with E-state index in [1.807, 2.05) is 10.9 Å². The number of hydrogen-bond acceptors (Lipinski definition) is 7. The van der Waals surface area contributed by atoms with Crippen molar-refractivity contribution in [1.82, 2.24) is 24.8 Å². The third-order valence-corrected chi connectivity index (χ3v) is 4.48. The Morgan fingerprint density at radius 2 is 2.00 bits per heavy atom. The van der Waals surface area contributed by atoms with E-state index < -0.39 is 0 Å². The zero-order valence-electron chi connectivity index (χ0n) is 17.0. The van der Waals surface area contributed by atoms with E-state index >= 15 is 0 Å². The molecule has 0 spiro atoms. The fourth-order valence-corrected chi connectivity index (χ4v) is 2.79. The minimum atomic E-state index is -0.200. The molecule has 9 heteroatoms. The second kappa shape index (κ2) is 9.83. The number of ether oxygens (including phenoxy) is 1. The molecule has 29 heavy (non-hydrogen) atoms. The van der Waals surface area contributed by atoms with Gasteiger partial charge in [0.05, 0.1) is 18.4 Å². The Kier molecular flexibility index (Phi) is 6.96. The maximum Gasteiger partial charge on any atom is 0.255 e. The van der Waals surface area contributed by atoms with Crippen LogP contribution in [0.4, 0.5) is 5.69 Å². The van der Waals surface area contributed by atoms with Crippen molar-refractivity contribution in [2.75, 3.05) is 25.0 Å². The molecule has 3 rings (SSSR count). The van der Waals surface area contributed by atoms with Crippen LogP contribution in [0, 0.1) is 6.92 Å². The Morgan fingerprint density at radius 3 is 2.66 bits per heavy atom. The molecule has 1 aromatic carbocycles. The Hall–Kier alpha value is -3.20.